The summed E-state index contributed by atoms with van der Waals surface area (Å²) in [4.78, 5) is 3.71. The molecular formula is C6H7ClF2N2OS. The van der Waals surface area contributed by atoms with Crippen molar-refractivity contribution < 1.29 is 13.9 Å². The second-order valence-corrected chi connectivity index (χ2v) is 3.59. The lowest BCUT2D eigenvalue weighted by Gasteiger charge is -2.12. The van der Waals surface area contributed by atoms with Crippen LogP contribution in [0.2, 0.25) is 5.15 Å². The number of nitrogens with zero attached hydrogens (tertiary/aromatic N) is 1. The summed E-state index contributed by atoms with van der Waals surface area (Å²) in [6.45, 7) is -1.83. The number of anilines is 1. The number of hydrogen-bond donors (Lipinski definition) is 2. The molecule has 2 N–H and O–H groups in total. The van der Waals surface area contributed by atoms with Gasteiger partial charge in [0, 0.05) is 5.38 Å². The number of aliphatic hydroxyl groups excluding tert-OH is 1. The highest BCUT2D eigenvalue weighted by molar-refractivity contribution is 7.14. The van der Waals surface area contributed by atoms with E-state index in [1.165, 1.54) is 5.38 Å². The van der Waals surface area contributed by atoms with Crippen molar-refractivity contribution in [3.63, 3.8) is 0 Å². The summed E-state index contributed by atoms with van der Waals surface area (Å²) in [5.74, 6) is -3.13. The van der Waals surface area contributed by atoms with E-state index < -0.39 is 19.1 Å². The molecule has 1 aromatic heterocycles. The van der Waals surface area contributed by atoms with Gasteiger partial charge in [-0.3, -0.25) is 0 Å². The van der Waals surface area contributed by atoms with Gasteiger partial charge in [0.05, 0.1) is 6.54 Å². The number of hydrogen-bond acceptors (Lipinski definition) is 4. The molecule has 1 heterocycles. The maximum atomic E-state index is 12.5. The number of nitrogens with one attached hydrogen (secondary N) is 1. The Balaban J connectivity index is 2.43. The van der Waals surface area contributed by atoms with Crippen molar-refractivity contribution in [3.8, 4) is 0 Å². The molecule has 0 fully saturated rings. The monoisotopic (exact) mass is 228 g/mol. The zero-order valence-electron chi connectivity index (χ0n) is 6.43. The largest absolute Gasteiger partial charge is 0.390 e. The summed E-state index contributed by atoms with van der Waals surface area (Å²) >= 11 is 6.60. The zero-order valence-corrected chi connectivity index (χ0v) is 8.00. The second-order valence-electron chi connectivity index (χ2n) is 2.34. The van der Waals surface area contributed by atoms with Crippen molar-refractivity contribution in [1.82, 2.24) is 4.98 Å². The standard InChI is InChI=1S/C6H7ClF2N2OS/c7-4-1-13-5(11-4)10-2-6(8,9)3-12/h1,12H,2-3H2,(H,10,11). The first-order chi connectivity index (χ1) is 6.03. The fraction of sp³-hybridized carbons (Fsp3) is 0.500. The molecule has 0 aliphatic heterocycles. The smallest absolute Gasteiger partial charge is 0.287 e. The van der Waals surface area contributed by atoms with Crippen LogP contribution in [0.4, 0.5) is 13.9 Å². The average Bonchev–Trinajstić information content (AvgIpc) is 2.48. The summed E-state index contributed by atoms with van der Waals surface area (Å²) in [6.07, 6.45) is 0. The van der Waals surface area contributed by atoms with Gasteiger partial charge in [-0.25, -0.2) is 13.8 Å². The van der Waals surface area contributed by atoms with Gasteiger partial charge in [-0.05, 0) is 0 Å². The lowest BCUT2D eigenvalue weighted by atomic mass is 10.4. The zero-order chi connectivity index (χ0) is 9.90. The van der Waals surface area contributed by atoms with Crippen LogP contribution in [0.25, 0.3) is 0 Å². The number of thiazole rings is 1. The molecule has 0 saturated heterocycles. The number of aliphatic hydroxyl groups is 1. The molecule has 0 atom stereocenters. The second kappa shape index (κ2) is 4.17. The maximum Gasteiger partial charge on any atom is 0.287 e. The van der Waals surface area contributed by atoms with Crippen LogP contribution in [-0.4, -0.2) is 29.2 Å². The Morgan fingerprint density at radius 1 is 1.69 bits per heavy atom. The van der Waals surface area contributed by atoms with Crippen molar-refractivity contribution in [2.24, 2.45) is 0 Å². The molecule has 0 amide bonds. The van der Waals surface area contributed by atoms with Crippen LogP contribution >= 0.6 is 22.9 Å². The first-order valence-corrected chi connectivity index (χ1v) is 4.63. The number of rotatable bonds is 4. The van der Waals surface area contributed by atoms with Crippen molar-refractivity contribution in [2.45, 2.75) is 5.92 Å². The van der Waals surface area contributed by atoms with Crippen molar-refractivity contribution in [2.75, 3.05) is 18.5 Å². The fourth-order valence-corrected chi connectivity index (χ4v) is 1.43. The van der Waals surface area contributed by atoms with Crippen LogP contribution in [0.15, 0.2) is 5.38 Å². The summed E-state index contributed by atoms with van der Waals surface area (Å²) in [6, 6.07) is 0. The van der Waals surface area contributed by atoms with Crippen LogP contribution in [0.3, 0.4) is 0 Å². The maximum absolute atomic E-state index is 12.5. The van der Waals surface area contributed by atoms with Gasteiger partial charge in [0.2, 0.25) is 0 Å². The molecule has 3 nitrogen and oxygen atoms in total. The van der Waals surface area contributed by atoms with Gasteiger partial charge >= 0.3 is 0 Å². The highest BCUT2D eigenvalue weighted by atomic mass is 35.5. The third-order valence-electron chi connectivity index (χ3n) is 1.21. The average molecular weight is 229 g/mol. The highest BCUT2D eigenvalue weighted by Crippen LogP contribution is 2.20. The molecular weight excluding hydrogens is 222 g/mol. The van der Waals surface area contributed by atoms with E-state index in [-0.39, 0.29) is 5.15 Å². The van der Waals surface area contributed by atoms with E-state index in [9.17, 15) is 8.78 Å². The quantitative estimate of drug-likeness (QED) is 0.827. The minimum Gasteiger partial charge on any atom is -0.390 e. The molecule has 0 aliphatic rings. The van der Waals surface area contributed by atoms with E-state index in [1.54, 1.807) is 0 Å². The van der Waals surface area contributed by atoms with Gasteiger partial charge < -0.3 is 10.4 Å². The van der Waals surface area contributed by atoms with Gasteiger partial charge in [-0.15, -0.1) is 11.3 Å². The van der Waals surface area contributed by atoms with E-state index in [1.807, 2.05) is 0 Å². The highest BCUT2D eigenvalue weighted by Gasteiger charge is 2.27. The van der Waals surface area contributed by atoms with Crippen molar-refractivity contribution in [3.05, 3.63) is 10.5 Å². The Kier molecular flexibility index (Phi) is 3.40. The number of alkyl halides is 2. The lowest BCUT2D eigenvalue weighted by molar-refractivity contribution is -0.0372. The SMILES string of the molecule is OCC(F)(F)CNc1nc(Cl)cs1. The van der Waals surface area contributed by atoms with Crippen molar-refractivity contribution >= 4 is 28.1 Å². The Hall–Kier alpha value is -0.460. The molecule has 1 aromatic rings. The topological polar surface area (TPSA) is 45.1 Å². The lowest BCUT2D eigenvalue weighted by Crippen LogP contribution is -2.30. The molecule has 0 saturated carbocycles. The third kappa shape index (κ3) is 3.41. The normalized spacial score (nSPS) is 11.7. The van der Waals surface area contributed by atoms with E-state index in [2.05, 4.69) is 10.3 Å². The van der Waals surface area contributed by atoms with Gasteiger partial charge in [-0.1, -0.05) is 11.6 Å². The first-order valence-electron chi connectivity index (χ1n) is 3.37. The molecule has 0 unspecified atom stereocenters. The van der Waals surface area contributed by atoms with E-state index >= 15 is 0 Å². The molecule has 0 aliphatic carbocycles. The van der Waals surface area contributed by atoms with Crippen LogP contribution in [0, 0.1) is 0 Å². The molecule has 0 aromatic carbocycles. The fourth-order valence-electron chi connectivity index (χ4n) is 0.596. The minimum atomic E-state index is -3.13. The van der Waals surface area contributed by atoms with Crippen molar-refractivity contribution in [1.29, 1.82) is 0 Å². The van der Waals surface area contributed by atoms with Gasteiger partial charge in [-0.2, -0.15) is 0 Å². The Labute approximate surface area is 82.4 Å². The molecule has 0 spiro atoms. The number of aromatic nitrogens is 1. The predicted octanol–water partition coefficient (Wildman–Crippen LogP) is 1.84. The van der Waals surface area contributed by atoms with Crippen LogP contribution in [-0.2, 0) is 0 Å². The van der Waals surface area contributed by atoms with Gasteiger partial charge in [0.25, 0.3) is 5.92 Å². The van der Waals surface area contributed by atoms with Crippen LogP contribution < -0.4 is 5.32 Å². The van der Waals surface area contributed by atoms with Gasteiger partial charge in [0.15, 0.2) is 5.13 Å². The molecule has 7 heteroatoms. The Morgan fingerprint density at radius 3 is 2.85 bits per heavy atom. The summed E-state index contributed by atoms with van der Waals surface area (Å²) in [7, 11) is 0. The van der Waals surface area contributed by atoms with Crippen LogP contribution in [0.5, 0.6) is 0 Å². The summed E-state index contributed by atoms with van der Waals surface area (Å²) in [5, 5.41) is 12.7. The minimum absolute atomic E-state index is 0.264. The first kappa shape index (κ1) is 10.6. The summed E-state index contributed by atoms with van der Waals surface area (Å²) < 4.78 is 25.0. The third-order valence-corrected chi connectivity index (χ3v) is 2.33. The Bertz CT molecular complexity index is 281. The molecule has 1 rings (SSSR count). The molecule has 0 radical (unpaired) electrons. The molecule has 74 valence electrons. The number of halogens is 3. The van der Waals surface area contributed by atoms with Crippen LogP contribution in [0.1, 0.15) is 0 Å². The molecule has 13 heavy (non-hydrogen) atoms. The van der Waals surface area contributed by atoms with E-state index in [4.69, 9.17) is 16.7 Å². The van der Waals surface area contributed by atoms with E-state index in [0.717, 1.165) is 11.3 Å². The predicted molar refractivity (Wildman–Crippen MR) is 47.6 cm³/mol. The molecule has 0 bridgehead atoms. The summed E-state index contributed by atoms with van der Waals surface area (Å²) in [5.41, 5.74) is 0. The Morgan fingerprint density at radius 2 is 2.38 bits per heavy atom. The van der Waals surface area contributed by atoms with Gasteiger partial charge in [0.1, 0.15) is 11.8 Å². The van der Waals surface area contributed by atoms with E-state index in [0.29, 0.717) is 5.13 Å².